The summed E-state index contributed by atoms with van der Waals surface area (Å²) in [6.45, 7) is 10.9. The fourth-order valence-corrected chi connectivity index (χ4v) is 3.51. The number of likely N-dealkylation sites (tertiary alicyclic amines) is 1. The van der Waals surface area contributed by atoms with Gasteiger partial charge in [-0.25, -0.2) is 0 Å². The molecular formula is C14H28N2. The number of nitrogens with zero attached hydrogens (tertiary/aromatic N) is 1. The minimum absolute atomic E-state index is 0.631. The zero-order chi connectivity index (χ0) is 11.6. The van der Waals surface area contributed by atoms with Crippen molar-refractivity contribution in [2.24, 2.45) is 5.41 Å². The van der Waals surface area contributed by atoms with E-state index in [9.17, 15) is 0 Å². The minimum Gasteiger partial charge on any atom is -0.310 e. The standard InChI is InChI=1S/C14H28N2/c1-12(2)15-13-6-9-16(10-13)11-14(3)7-4-5-8-14/h12-13,15H,4-11H2,1-3H3. The first kappa shape index (κ1) is 12.4. The van der Waals surface area contributed by atoms with Crippen molar-refractivity contribution in [3.63, 3.8) is 0 Å². The molecule has 2 aliphatic rings. The molecule has 0 aromatic rings. The fraction of sp³-hybridized carbons (Fsp3) is 1.00. The van der Waals surface area contributed by atoms with E-state index in [-0.39, 0.29) is 0 Å². The van der Waals surface area contributed by atoms with Crippen molar-refractivity contribution in [2.75, 3.05) is 19.6 Å². The molecule has 0 radical (unpaired) electrons. The van der Waals surface area contributed by atoms with E-state index in [1.165, 1.54) is 51.7 Å². The van der Waals surface area contributed by atoms with Gasteiger partial charge in [0.2, 0.25) is 0 Å². The Hall–Kier alpha value is -0.0800. The van der Waals surface area contributed by atoms with Crippen LogP contribution in [0.15, 0.2) is 0 Å². The molecule has 1 saturated carbocycles. The second-order valence-corrected chi connectivity index (χ2v) is 6.56. The molecule has 94 valence electrons. The Morgan fingerprint density at radius 3 is 2.62 bits per heavy atom. The smallest absolute Gasteiger partial charge is 0.0209 e. The van der Waals surface area contributed by atoms with Crippen molar-refractivity contribution >= 4 is 0 Å². The second kappa shape index (κ2) is 5.05. The van der Waals surface area contributed by atoms with Gasteiger partial charge in [-0.05, 0) is 31.2 Å². The first-order valence-electron chi connectivity index (χ1n) is 7.06. The van der Waals surface area contributed by atoms with Gasteiger partial charge in [-0.3, -0.25) is 0 Å². The lowest BCUT2D eigenvalue weighted by Gasteiger charge is -2.29. The zero-order valence-electron chi connectivity index (χ0n) is 11.3. The van der Waals surface area contributed by atoms with Gasteiger partial charge in [-0.15, -0.1) is 0 Å². The lowest BCUT2D eigenvalue weighted by atomic mass is 9.88. The van der Waals surface area contributed by atoms with Crippen molar-refractivity contribution in [2.45, 2.75) is 65.0 Å². The van der Waals surface area contributed by atoms with Gasteiger partial charge in [0.25, 0.3) is 0 Å². The van der Waals surface area contributed by atoms with Gasteiger partial charge in [0, 0.05) is 25.2 Å². The third-order valence-electron chi connectivity index (χ3n) is 4.26. The monoisotopic (exact) mass is 224 g/mol. The number of rotatable bonds is 4. The maximum atomic E-state index is 3.67. The van der Waals surface area contributed by atoms with Gasteiger partial charge < -0.3 is 10.2 Å². The van der Waals surface area contributed by atoms with E-state index >= 15 is 0 Å². The molecule has 1 unspecified atom stereocenters. The van der Waals surface area contributed by atoms with Gasteiger partial charge in [0.1, 0.15) is 0 Å². The van der Waals surface area contributed by atoms with Crippen LogP contribution in [0.2, 0.25) is 0 Å². The molecule has 0 aromatic heterocycles. The molecule has 1 aliphatic carbocycles. The molecule has 1 aliphatic heterocycles. The highest BCUT2D eigenvalue weighted by molar-refractivity contribution is 4.88. The third kappa shape index (κ3) is 3.21. The van der Waals surface area contributed by atoms with Crippen LogP contribution in [0.25, 0.3) is 0 Å². The van der Waals surface area contributed by atoms with Crippen LogP contribution in [0, 0.1) is 5.41 Å². The Bertz CT molecular complexity index is 219. The van der Waals surface area contributed by atoms with Gasteiger partial charge >= 0.3 is 0 Å². The summed E-state index contributed by atoms with van der Waals surface area (Å²) >= 11 is 0. The van der Waals surface area contributed by atoms with Gasteiger partial charge in [-0.1, -0.05) is 33.6 Å². The summed E-state index contributed by atoms with van der Waals surface area (Å²) in [6, 6.07) is 1.37. The van der Waals surface area contributed by atoms with Crippen LogP contribution < -0.4 is 5.32 Å². The highest BCUT2D eigenvalue weighted by Gasteiger charge is 2.33. The molecular weight excluding hydrogens is 196 g/mol. The molecule has 2 heteroatoms. The zero-order valence-corrected chi connectivity index (χ0v) is 11.3. The molecule has 1 N–H and O–H groups in total. The van der Waals surface area contributed by atoms with Crippen LogP contribution in [0.4, 0.5) is 0 Å². The van der Waals surface area contributed by atoms with Gasteiger partial charge in [0.05, 0.1) is 0 Å². The summed E-state index contributed by atoms with van der Waals surface area (Å²) in [5.41, 5.74) is 0.632. The first-order valence-corrected chi connectivity index (χ1v) is 7.06. The van der Waals surface area contributed by atoms with E-state index in [0.29, 0.717) is 11.5 Å². The maximum Gasteiger partial charge on any atom is 0.0209 e. The van der Waals surface area contributed by atoms with Crippen LogP contribution in [-0.4, -0.2) is 36.6 Å². The molecule has 2 rings (SSSR count). The van der Waals surface area contributed by atoms with Crippen LogP contribution in [0.3, 0.4) is 0 Å². The van der Waals surface area contributed by atoms with Gasteiger partial charge in [-0.2, -0.15) is 0 Å². The molecule has 0 aromatic carbocycles. The molecule has 0 spiro atoms. The Morgan fingerprint density at radius 1 is 1.31 bits per heavy atom. The molecule has 16 heavy (non-hydrogen) atoms. The quantitative estimate of drug-likeness (QED) is 0.790. The SMILES string of the molecule is CC(C)NC1CCN(CC2(C)CCCC2)C1. The summed E-state index contributed by atoms with van der Waals surface area (Å²) in [4.78, 5) is 2.69. The van der Waals surface area contributed by atoms with E-state index in [1.807, 2.05) is 0 Å². The number of hydrogen-bond donors (Lipinski definition) is 1. The van der Waals surface area contributed by atoms with E-state index in [0.717, 1.165) is 6.04 Å². The second-order valence-electron chi connectivity index (χ2n) is 6.56. The lowest BCUT2D eigenvalue weighted by Crippen LogP contribution is -2.39. The highest BCUT2D eigenvalue weighted by atomic mass is 15.2. The van der Waals surface area contributed by atoms with Crippen molar-refractivity contribution in [1.29, 1.82) is 0 Å². The van der Waals surface area contributed by atoms with Crippen LogP contribution >= 0.6 is 0 Å². The maximum absolute atomic E-state index is 3.67. The predicted molar refractivity (Wildman–Crippen MR) is 69.7 cm³/mol. The van der Waals surface area contributed by atoms with E-state index in [1.54, 1.807) is 0 Å². The highest BCUT2D eigenvalue weighted by Crippen LogP contribution is 2.38. The summed E-state index contributed by atoms with van der Waals surface area (Å²) in [7, 11) is 0. The molecule has 0 amide bonds. The Morgan fingerprint density at radius 2 is 2.00 bits per heavy atom. The summed E-state index contributed by atoms with van der Waals surface area (Å²) in [6.07, 6.45) is 7.15. The topological polar surface area (TPSA) is 15.3 Å². The normalized spacial score (nSPS) is 30.4. The minimum atomic E-state index is 0.631. The van der Waals surface area contributed by atoms with Crippen molar-refractivity contribution in [1.82, 2.24) is 10.2 Å². The van der Waals surface area contributed by atoms with Crippen molar-refractivity contribution in [3.8, 4) is 0 Å². The Labute approximate surface area is 101 Å². The molecule has 1 saturated heterocycles. The molecule has 1 atom stereocenters. The van der Waals surface area contributed by atoms with Crippen LogP contribution in [-0.2, 0) is 0 Å². The van der Waals surface area contributed by atoms with Crippen molar-refractivity contribution < 1.29 is 0 Å². The largest absolute Gasteiger partial charge is 0.310 e. The molecule has 1 heterocycles. The number of nitrogens with one attached hydrogen (secondary N) is 1. The average Bonchev–Trinajstić information content (AvgIpc) is 2.75. The number of hydrogen-bond acceptors (Lipinski definition) is 2. The molecule has 0 bridgehead atoms. The van der Waals surface area contributed by atoms with Crippen LogP contribution in [0.1, 0.15) is 52.9 Å². The predicted octanol–water partition coefficient (Wildman–Crippen LogP) is 2.64. The summed E-state index contributed by atoms with van der Waals surface area (Å²) < 4.78 is 0. The van der Waals surface area contributed by atoms with Crippen molar-refractivity contribution in [3.05, 3.63) is 0 Å². The van der Waals surface area contributed by atoms with E-state index < -0.39 is 0 Å². The Kier molecular flexibility index (Phi) is 3.91. The van der Waals surface area contributed by atoms with E-state index in [4.69, 9.17) is 0 Å². The first-order chi connectivity index (χ1) is 7.57. The van der Waals surface area contributed by atoms with E-state index in [2.05, 4.69) is 31.0 Å². The lowest BCUT2D eigenvalue weighted by molar-refractivity contribution is 0.192. The molecule has 2 fully saturated rings. The Balaban J connectivity index is 1.76. The molecule has 2 nitrogen and oxygen atoms in total. The summed E-state index contributed by atoms with van der Waals surface area (Å²) in [5, 5.41) is 3.67. The van der Waals surface area contributed by atoms with Crippen LogP contribution in [0.5, 0.6) is 0 Å². The fourth-order valence-electron chi connectivity index (χ4n) is 3.51. The summed E-state index contributed by atoms with van der Waals surface area (Å²) in [5.74, 6) is 0. The van der Waals surface area contributed by atoms with Gasteiger partial charge in [0.15, 0.2) is 0 Å². The average molecular weight is 224 g/mol. The third-order valence-corrected chi connectivity index (χ3v) is 4.26.